The number of aliphatic hydroxyl groups is 1. The molecule has 1 aromatic carbocycles. The zero-order chi connectivity index (χ0) is 13.5. The Kier molecular flexibility index (Phi) is 2.94. The highest BCUT2D eigenvalue weighted by Gasteiger charge is 2.31. The van der Waals surface area contributed by atoms with Crippen molar-refractivity contribution in [3.8, 4) is 0 Å². The van der Waals surface area contributed by atoms with Crippen molar-refractivity contribution in [1.82, 2.24) is 4.57 Å². The van der Waals surface area contributed by atoms with Gasteiger partial charge in [0.15, 0.2) is 5.58 Å². The number of fused-ring (bicyclic) bond motifs is 1. The quantitative estimate of drug-likeness (QED) is 0.900. The Hall–Kier alpha value is -1.76. The molecule has 18 heavy (non-hydrogen) atoms. The molecule has 0 aliphatic heterocycles. The van der Waals surface area contributed by atoms with Gasteiger partial charge in [-0.1, -0.05) is 6.07 Å². The summed E-state index contributed by atoms with van der Waals surface area (Å²) in [4.78, 5) is 11.2. The van der Waals surface area contributed by atoms with Crippen LogP contribution in [0.25, 0.3) is 11.1 Å². The van der Waals surface area contributed by atoms with E-state index in [0.29, 0.717) is 5.52 Å². The van der Waals surface area contributed by atoms with Crippen molar-refractivity contribution in [3.05, 3.63) is 34.3 Å². The Morgan fingerprint density at radius 1 is 1.44 bits per heavy atom. The van der Waals surface area contributed by atoms with Crippen LogP contribution in [0.15, 0.2) is 27.4 Å². The van der Waals surface area contributed by atoms with E-state index >= 15 is 0 Å². The molecule has 0 bridgehead atoms. The lowest BCUT2D eigenvalue weighted by Gasteiger charge is -2.13. The average Bonchev–Trinajstić information content (AvgIpc) is 2.52. The number of benzene rings is 1. The third-order valence-corrected chi connectivity index (χ3v) is 2.63. The van der Waals surface area contributed by atoms with Gasteiger partial charge in [0.1, 0.15) is 0 Å². The molecule has 0 saturated carbocycles. The summed E-state index contributed by atoms with van der Waals surface area (Å²) in [5.74, 6) is -0.604. The maximum absolute atomic E-state index is 12.1. The van der Waals surface area contributed by atoms with Crippen LogP contribution in [0.4, 0.5) is 13.2 Å². The first-order valence-corrected chi connectivity index (χ1v) is 5.12. The normalized spacial score (nSPS) is 14.1. The Bertz CT molecular complexity index is 626. The van der Waals surface area contributed by atoms with E-state index in [0.717, 1.165) is 0 Å². The first-order chi connectivity index (χ1) is 8.28. The standard InChI is InChI=1S/C11H10F3NO3/c1-15-7-3-2-6(4-9(7)18-10(15)17)8(16)5-11(12,13)14/h2-4,8,16H,5H2,1H3. The van der Waals surface area contributed by atoms with Gasteiger partial charge in [0, 0.05) is 7.05 Å². The first kappa shape index (κ1) is 12.7. The van der Waals surface area contributed by atoms with Gasteiger partial charge < -0.3 is 9.52 Å². The highest BCUT2D eigenvalue weighted by atomic mass is 19.4. The number of aromatic nitrogens is 1. The fraction of sp³-hybridized carbons (Fsp3) is 0.364. The monoisotopic (exact) mass is 261 g/mol. The number of nitrogens with zero attached hydrogens (tertiary/aromatic N) is 1. The summed E-state index contributed by atoms with van der Waals surface area (Å²) in [5.41, 5.74) is 0.679. The number of hydrogen-bond acceptors (Lipinski definition) is 3. The average molecular weight is 261 g/mol. The second kappa shape index (κ2) is 4.16. The van der Waals surface area contributed by atoms with Crippen LogP contribution in [0, 0.1) is 0 Å². The van der Waals surface area contributed by atoms with Crippen LogP contribution in [0.5, 0.6) is 0 Å². The van der Waals surface area contributed by atoms with E-state index in [-0.39, 0.29) is 11.1 Å². The predicted molar refractivity (Wildman–Crippen MR) is 57.1 cm³/mol. The molecule has 0 radical (unpaired) electrons. The number of hydrogen-bond donors (Lipinski definition) is 1. The van der Waals surface area contributed by atoms with Gasteiger partial charge >= 0.3 is 11.9 Å². The Balaban J connectivity index is 2.38. The Labute approximate surface area is 99.2 Å². The summed E-state index contributed by atoms with van der Waals surface area (Å²) < 4.78 is 42.5. The van der Waals surface area contributed by atoms with Crippen molar-refractivity contribution >= 4 is 11.1 Å². The summed E-state index contributed by atoms with van der Waals surface area (Å²) in [6, 6.07) is 4.02. The molecule has 1 N–H and O–H groups in total. The number of oxazole rings is 1. The van der Waals surface area contributed by atoms with E-state index in [1.807, 2.05) is 0 Å². The molecule has 1 heterocycles. The molecule has 2 aromatic rings. The summed E-state index contributed by atoms with van der Waals surface area (Å²) >= 11 is 0. The first-order valence-electron chi connectivity index (χ1n) is 5.12. The Morgan fingerprint density at radius 2 is 2.11 bits per heavy atom. The summed E-state index contributed by atoms with van der Waals surface area (Å²) in [7, 11) is 1.49. The minimum Gasteiger partial charge on any atom is -0.408 e. The fourth-order valence-electron chi connectivity index (χ4n) is 1.69. The molecule has 7 heteroatoms. The van der Waals surface area contributed by atoms with Gasteiger partial charge in [-0.05, 0) is 17.7 Å². The smallest absolute Gasteiger partial charge is 0.408 e. The molecule has 1 aromatic heterocycles. The number of rotatable bonds is 2. The lowest BCUT2D eigenvalue weighted by atomic mass is 10.1. The third kappa shape index (κ3) is 2.40. The zero-order valence-corrected chi connectivity index (χ0v) is 9.36. The van der Waals surface area contributed by atoms with Crippen LogP contribution >= 0.6 is 0 Å². The van der Waals surface area contributed by atoms with Crippen LogP contribution in [-0.4, -0.2) is 15.8 Å². The molecular weight excluding hydrogens is 251 g/mol. The van der Waals surface area contributed by atoms with E-state index in [9.17, 15) is 23.1 Å². The molecule has 2 rings (SSSR count). The minimum atomic E-state index is -4.45. The second-order valence-electron chi connectivity index (χ2n) is 3.99. The van der Waals surface area contributed by atoms with Crippen LogP contribution in [0.1, 0.15) is 18.1 Å². The van der Waals surface area contributed by atoms with E-state index in [1.54, 1.807) is 0 Å². The van der Waals surface area contributed by atoms with Crippen LogP contribution < -0.4 is 5.76 Å². The SMILES string of the molecule is Cn1c(=O)oc2cc(C(O)CC(F)(F)F)ccc21. The Morgan fingerprint density at radius 3 is 2.72 bits per heavy atom. The van der Waals surface area contributed by atoms with Gasteiger partial charge in [0.2, 0.25) is 0 Å². The molecule has 98 valence electrons. The van der Waals surface area contributed by atoms with Gasteiger partial charge in [-0.25, -0.2) is 4.79 Å². The van der Waals surface area contributed by atoms with Crippen LogP contribution in [-0.2, 0) is 7.05 Å². The second-order valence-corrected chi connectivity index (χ2v) is 3.99. The lowest BCUT2D eigenvalue weighted by Crippen LogP contribution is -2.13. The van der Waals surface area contributed by atoms with Crippen molar-refractivity contribution in [2.24, 2.45) is 7.05 Å². The molecule has 4 nitrogen and oxygen atoms in total. The third-order valence-electron chi connectivity index (χ3n) is 2.63. The highest BCUT2D eigenvalue weighted by molar-refractivity contribution is 5.73. The van der Waals surface area contributed by atoms with E-state index < -0.39 is 24.5 Å². The largest absolute Gasteiger partial charge is 0.419 e. The van der Waals surface area contributed by atoms with E-state index in [2.05, 4.69) is 0 Å². The van der Waals surface area contributed by atoms with E-state index in [4.69, 9.17) is 4.42 Å². The maximum Gasteiger partial charge on any atom is 0.419 e. The number of halogens is 3. The topological polar surface area (TPSA) is 55.4 Å². The lowest BCUT2D eigenvalue weighted by molar-refractivity contribution is -0.154. The van der Waals surface area contributed by atoms with Crippen molar-refractivity contribution in [2.45, 2.75) is 18.7 Å². The summed E-state index contributed by atoms with van der Waals surface area (Å²) in [6.45, 7) is 0. The van der Waals surface area contributed by atoms with Crippen molar-refractivity contribution in [1.29, 1.82) is 0 Å². The van der Waals surface area contributed by atoms with Gasteiger partial charge in [0.25, 0.3) is 0 Å². The van der Waals surface area contributed by atoms with Gasteiger partial charge in [-0.2, -0.15) is 13.2 Å². The molecule has 0 aliphatic carbocycles. The van der Waals surface area contributed by atoms with Crippen LogP contribution in [0.2, 0.25) is 0 Å². The molecule has 0 spiro atoms. The highest BCUT2D eigenvalue weighted by Crippen LogP contribution is 2.30. The summed E-state index contributed by atoms with van der Waals surface area (Å²) in [5, 5.41) is 9.45. The maximum atomic E-state index is 12.1. The van der Waals surface area contributed by atoms with Gasteiger partial charge in [-0.15, -0.1) is 0 Å². The van der Waals surface area contributed by atoms with E-state index in [1.165, 1.54) is 29.8 Å². The minimum absolute atomic E-state index is 0.0641. The number of aliphatic hydroxyl groups excluding tert-OH is 1. The van der Waals surface area contributed by atoms with Gasteiger partial charge in [0.05, 0.1) is 18.0 Å². The molecule has 0 amide bonds. The zero-order valence-electron chi connectivity index (χ0n) is 9.36. The van der Waals surface area contributed by atoms with Crippen molar-refractivity contribution in [2.75, 3.05) is 0 Å². The molecule has 0 aliphatic rings. The molecule has 0 fully saturated rings. The van der Waals surface area contributed by atoms with Crippen molar-refractivity contribution in [3.63, 3.8) is 0 Å². The fourth-order valence-corrected chi connectivity index (χ4v) is 1.69. The number of alkyl halides is 3. The molecule has 1 atom stereocenters. The molecular formula is C11H10F3NO3. The van der Waals surface area contributed by atoms with Crippen molar-refractivity contribution < 1.29 is 22.7 Å². The number of aryl methyl sites for hydroxylation is 1. The predicted octanol–water partition coefficient (Wildman–Crippen LogP) is 2.12. The molecule has 1 unspecified atom stereocenters. The van der Waals surface area contributed by atoms with Gasteiger partial charge in [-0.3, -0.25) is 4.57 Å². The molecule has 0 saturated heterocycles. The van der Waals surface area contributed by atoms with Crippen LogP contribution in [0.3, 0.4) is 0 Å². The summed E-state index contributed by atoms with van der Waals surface area (Å²) in [6.07, 6.45) is -7.46.